The van der Waals surface area contributed by atoms with Crippen molar-refractivity contribution in [3.63, 3.8) is 0 Å². The molecule has 0 saturated carbocycles. The zero-order chi connectivity index (χ0) is 14.7. The second-order valence-electron chi connectivity index (χ2n) is 4.85. The number of carbonyl (C=O) groups excluding carboxylic acids is 1. The number of halogens is 3. The molecule has 0 aliphatic heterocycles. The van der Waals surface area contributed by atoms with E-state index in [4.69, 9.17) is 0 Å². The summed E-state index contributed by atoms with van der Waals surface area (Å²) in [5, 5.41) is 3.27. The van der Waals surface area contributed by atoms with Crippen LogP contribution in [-0.4, -0.2) is 20.2 Å². The number of anilines is 1. The van der Waals surface area contributed by atoms with Crippen LogP contribution in [0.15, 0.2) is 36.5 Å². The maximum Gasteiger partial charge on any atom is 0.397 e. The van der Waals surface area contributed by atoms with E-state index in [0.717, 1.165) is 5.19 Å². The summed E-state index contributed by atoms with van der Waals surface area (Å²) in [4.78, 5) is 11.2. The van der Waals surface area contributed by atoms with Gasteiger partial charge in [-0.25, -0.2) is 0 Å². The van der Waals surface area contributed by atoms with Crippen LogP contribution in [0.3, 0.4) is 0 Å². The highest BCUT2D eigenvalue weighted by atomic mass is 28.3. The minimum absolute atomic E-state index is 0.383. The summed E-state index contributed by atoms with van der Waals surface area (Å²) < 4.78 is 36.2. The second-order valence-corrected chi connectivity index (χ2v) is 9.28. The molecule has 0 bridgehead atoms. The van der Waals surface area contributed by atoms with Crippen LogP contribution >= 0.6 is 0 Å². The summed E-state index contributed by atoms with van der Waals surface area (Å²) in [6.07, 6.45) is -5.96. The van der Waals surface area contributed by atoms with Crippen molar-refractivity contribution in [2.45, 2.75) is 25.7 Å². The summed E-state index contributed by atoms with van der Waals surface area (Å²) >= 11 is 0. The van der Waals surface area contributed by atoms with Crippen LogP contribution in [0, 0.1) is 0 Å². The summed E-state index contributed by atoms with van der Waals surface area (Å²) in [6, 6.07) is 6.90. The standard InChI is InChI=1S/C13H16F3NOSi/c1-4-19(2,3)11-7-5-6-10(8-11)17-12(18)9-13(14,15)16/h4-8H,1,9H2,2-3H3,(H,17,18). The molecule has 1 amide bonds. The average molecular weight is 287 g/mol. The van der Waals surface area contributed by atoms with E-state index in [9.17, 15) is 18.0 Å². The molecule has 0 aliphatic carbocycles. The first-order valence-electron chi connectivity index (χ1n) is 5.75. The van der Waals surface area contributed by atoms with Crippen molar-refractivity contribution in [3.05, 3.63) is 36.5 Å². The van der Waals surface area contributed by atoms with E-state index in [2.05, 4.69) is 25.0 Å². The SMILES string of the molecule is C=C[Si](C)(C)c1cccc(NC(=O)CC(F)(F)F)c1. The Kier molecular flexibility index (Phi) is 4.57. The molecule has 0 atom stereocenters. The number of hydrogen-bond acceptors (Lipinski definition) is 1. The molecule has 1 rings (SSSR count). The van der Waals surface area contributed by atoms with Crippen molar-refractivity contribution in [3.8, 4) is 0 Å². The fourth-order valence-electron chi connectivity index (χ4n) is 1.50. The van der Waals surface area contributed by atoms with Gasteiger partial charge in [0.25, 0.3) is 0 Å². The molecule has 0 spiro atoms. The first-order valence-corrected chi connectivity index (χ1v) is 8.82. The van der Waals surface area contributed by atoms with Gasteiger partial charge in [0.1, 0.15) is 14.5 Å². The van der Waals surface area contributed by atoms with Gasteiger partial charge in [0.2, 0.25) is 5.91 Å². The predicted octanol–water partition coefficient (Wildman–Crippen LogP) is 3.22. The molecule has 0 saturated heterocycles. The fraction of sp³-hybridized carbons (Fsp3) is 0.308. The lowest BCUT2D eigenvalue weighted by Gasteiger charge is -2.19. The number of carbonyl (C=O) groups is 1. The first-order chi connectivity index (χ1) is 8.64. The monoisotopic (exact) mass is 287 g/mol. The van der Waals surface area contributed by atoms with Gasteiger partial charge >= 0.3 is 6.18 Å². The largest absolute Gasteiger partial charge is 0.397 e. The molecule has 1 N–H and O–H groups in total. The van der Waals surface area contributed by atoms with Crippen molar-refractivity contribution in [1.29, 1.82) is 0 Å². The third-order valence-electron chi connectivity index (χ3n) is 2.76. The van der Waals surface area contributed by atoms with E-state index in [1.807, 2.05) is 11.8 Å². The summed E-state index contributed by atoms with van der Waals surface area (Å²) in [5.41, 5.74) is 2.26. The molecule has 0 aromatic heterocycles. The molecule has 0 unspecified atom stereocenters. The van der Waals surface area contributed by atoms with E-state index in [1.54, 1.807) is 18.2 Å². The fourth-order valence-corrected chi connectivity index (χ4v) is 2.79. The zero-order valence-corrected chi connectivity index (χ0v) is 11.8. The maximum atomic E-state index is 12.1. The molecule has 2 nitrogen and oxygen atoms in total. The Morgan fingerprint density at radius 1 is 1.42 bits per heavy atom. The van der Waals surface area contributed by atoms with Crippen LogP contribution in [0.2, 0.25) is 13.1 Å². The molecule has 0 heterocycles. The number of nitrogens with one attached hydrogen (secondary N) is 1. The van der Waals surface area contributed by atoms with Gasteiger partial charge < -0.3 is 5.32 Å². The molecule has 1 aromatic carbocycles. The average Bonchev–Trinajstić information content (AvgIpc) is 2.26. The highest BCUT2D eigenvalue weighted by Crippen LogP contribution is 2.20. The Hall–Kier alpha value is -1.56. The van der Waals surface area contributed by atoms with Crippen molar-refractivity contribution < 1.29 is 18.0 Å². The van der Waals surface area contributed by atoms with Gasteiger partial charge in [0.15, 0.2) is 0 Å². The van der Waals surface area contributed by atoms with Gasteiger partial charge in [-0.05, 0) is 12.1 Å². The molecule has 1 aromatic rings. The third-order valence-corrected chi connectivity index (χ3v) is 5.58. The van der Waals surface area contributed by atoms with Crippen molar-refractivity contribution in [2.75, 3.05) is 5.32 Å². The van der Waals surface area contributed by atoms with Gasteiger partial charge in [-0.1, -0.05) is 36.1 Å². The number of benzene rings is 1. The van der Waals surface area contributed by atoms with Gasteiger partial charge in [-0.2, -0.15) is 13.2 Å². The lowest BCUT2D eigenvalue weighted by molar-refractivity contribution is -0.150. The molecule has 6 heteroatoms. The Balaban J connectivity index is 2.84. The first kappa shape index (κ1) is 15.5. The van der Waals surface area contributed by atoms with E-state index in [0.29, 0.717) is 5.69 Å². The Labute approximate surface area is 111 Å². The lowest BCUT2D eigenvalue weighted by atomic mass is 10.3. The van der Waals surface area contributed by atoms with E-state index >= 15 is 0 Å². The molecule has 0 aliphatic rings. The number of amides is 1. The topological polar surface area (TPSA) is 29.1 Å². The number of alkyl halides is 3. The number of hydrogen-bond donors (Lipinski definition) is 1. The molecular weight excluding hydrogens is 271 g/mol. The smallest absolute Gasteiger partial charge is 0.326 e. The van der Waals surface area contributed by atoms with E-state index in [1.165, 1.54) is 0 Å². The zero-order valence-electron chi connectivity index (χ0n) is 10.8. The molecule has 0 fully saturated rings. The van der Waals surface area contributed by atoms with Crippen LogP contribution in [0.25, 0.3) is 0 Å². The van der Waals surface area contributed by atoms with Gasteiger partial charge in [0, 0.05) is 5.69 Å². The normalized spacial score (nSPS) is 12.1. The van der Waals surface area contributed by atoms with Crippen molar-refractivity contribution in [2.24, 2.45) is 0 Å². The summed E-state index contributed by atoms with van der Waals surface area (Å²) in [5.74, 6) is -1.05. The highest BCUT2D eigenvalue weighted by Gasteiger charge is 2.31. The van der Waals surface area contributed by atoms with Crippen LogP contribution in [0.5, 0.6) is 0 Å². The van der Waals surface area contributed by atoms with Crippen LogP contribution in [-0.2, 0) is 4.79 Å². The summed E-state index contributed by atoms with van der Waals surface area (Å²) in [7, 11) is -1.79. The molecular formula is C13H16F3NOSi. The van der Waals surface area contributed by atoms with Gasteiger partial charge in [-0.3, -0.25) is 4.79 Å². The third kappa shape index (κ3) is 4.90. The summed E-state index contributed by atoms with van der Waals surface area (Å²) in [6.45, 7) is 7.91. The number of rotatable bonds is 4. The predicted molar refractivity (Wildman–Crippen MR) is 73.1 cm³/mol. The van der Waals surface area contributed by atoms with Gasteiger partial charge in [0.05, 0.1) is 0 Å². The van der Waals surface area contributed by atoms with Gasteiger partial charge in [-0.15, -0.1) is 6.58 Å². The molecule has 19 heavy (non-hydrogen) atoms. The second kappa shape index (κ2) is 5.60. The lowest BCUT2D eigenvalue weighted by Crippen LogP contribution is -2.39. The van der Waals surface area contributed by atoms with Crippen LogP contribution in [0.1, 0.15) is 6.42 Å². The quantitative estimate of drug-likeness (QED) is 0.846. The van der Waals surface area contributed by atoms with E-state index < -0.39 is 26.6 Å². The maximum absolute atomic E-state index is 12.1. The Bertz CT molecular complexity index is 483. The highest BCUT2D eigenvalue weighted by molar-refractivity contribution is 6.93. The van der Waals surface area contributed by atoms with E-state index in [-0.39, 0.29) is 0 Å². The molecule has 0 radical (unpaired) electrons. The molecule has 104 valence electrons. The Morgan fingerprint density at radius 2 is 2.05 bits per heavy atom. The minimum atomic E-state index is -4.49. The van der Waals surface area contributed by atoms with Crippen LogP contribution in [0.4, 0.5) is 18.9 Å². The minimum Gasteiger partial charge on any atom is -0.326 e. The van der Waals surface area contributed by atoms with Crippen molar-refractivity contribution >= 4 is 24.9 Å². The Morgan fingerprint density at radius 3 is 2.58 bits per heavy atom. The van der Waals surface area contributed by atoms with Crippen LogP contribution < -0.4 is 10.5 Å². The van der Waals surface area contributed by atoms with Crippen molar-refractivity contribution in [1.82, 2.24) is 0 Å².